The van der Waals surface area contributed by atoms with E-state index in [9.17, 15) is 9.90 Å². The van der Waals surface area contributed by atoms with E-state index in [0.29, 0.717) is 12.0 Å². The number of aromatic carboxylic acids is 1. The third-order valence-electron chi connectivity index (χ3n) is 3.25. The first-order valence-electron chi connectivity index (χ1n) is 6.39. The SMILES string of the molecule is N[C@H](c1ccccc1C(=O)O)[C@@H](O)Cc1ccccc1. The van der Waals surface area contributed by atoms with Crippen molar-refractivity contribution in [1.29, 1.82) is 0 Å². The molecule has 2 atom stereocenters. The van der Waals surface area contributed by atoms with Gasteiger partial charge < -0.3 is 15.9 Å². The molecule has 0 aromatic heterocycles. The number of aliphatic hydroxyl groups is 1. The quantitative estimate of drug-likeness (QED) is 0.776. The van der Waals surface area contributed by atoms with Gasteiger partial charge in [-0.05, 0) is 17.2 Å². The highest BCUT2D eigenvalue weighted by Gasteiger charge is 2.22. The fourth-order valence-electron chi connectivity index (χ4n) is 2.17. The van der Waals surface area contributed by atoms with Crippen molar-refractivity contribution >= 4 is 5.97 Å². The number of nitrogens with two attached hydrogens (primary N) is 1. The summed E-state index contributed by atoms with van der Waals surface area (Å²) in [6, 6.07) is 15.2. The fourth-order valence-corrected chi connectivity index (χ4v) is 2.17. The molecule has 2 rings (SSSR count). The van der Waals surface area contributed by atoms with Gasteiger partial charge in [0.2, 0.25) is 0 Å². The van der Waals surface area contributed by atoms with E-state index >= 15 is 0 Å². The molecule has 2 aromatic rings. The number of benzene rings is 2. The minimum Gasteiger partial charge on any atom is -0.478 e. The molecule has 104 valence electrons. The van der Waals surface area contributed by atoms with Crippen LogP contribution in [0.5, 0.6) is 0 Å². The first kappa shape index (κ1) is 14.2. The molecule has 0 bridgehead atoms. The highest BCUT2D eigenvalue weighted by atomic mass is 16.4. The minimum atomic E-state index is -1.04. The summed E-state index contributed by atoms with van der Waals surface area (Å²) in [6.07, 6.45) is -0.450. The Morgan fingerprint density at radius 1 is 1.05 bits per heavy atom. The third-order valence-corrected chi connectivity index (χ3v) is 3.25. The monoisotopic (exact) mass is 271 g/mol. The molecule has 0 radical (unpaired) electrons. The first-order chi connectivity index (χ1) is 9.59. The molecule has 0 saturated carbocycles. The van der Waals surface area contributed by atoms with Gasteiger partial charge in [-0.25, -0.2) is 4.79 Å². The summed E-state index contributed by atoms with van der Waals surface area (Å²) in [6.45, 7) is 0. The Hall–Kier alpha value is -2.17. The zero-order valence-electron chi connectivity index (χ0n) is 10.9. The van der Waals surface area contributed by atoms with Crippen LogP contribution >= 0.6 is 0 Å². The van der Waals surface area contributed by atoms with E-state index in [1.807, 2.05) is 30.3 Å². The summed E-state index contributed by atoms with van der Waals surface area (Å²) in [5.74, 6) is -1.04. The normalized spacial score (nSPS) is 13.7. The Labute approximate surface area is 117 Å². The largest absolute Gasteiger partial charge is 0.478 e. The number of carboxylic acid groups (broad SMARTS) is 1. The smallest absolute Gasteiger partial charge is 0.336 e. The number of rotatable bonds is 5. The maximum Gasteiger partial charge on any atom is 0.336 e. The lowest BCUT2D eigenvalue weighted by molar-refractivity contribution is 0.0693. The second kappa shape index (κ2) is 6.32. The molecule has 2 aromatic carbocycles. The summed E-state index contributed by atoms with van der Waals surface area (Å²) >= 11 is 0. The average Bonchev–Trinajstić information content (AvgIpc) is 2.47. The molecule has 0 spiro atoms. The third kappa shape index (κ3) is 3.23. The number of carbonyl (C=O) groups is 1. The molecule has 4 N–H and O–H groups in total. The molecular weight excluding hydrogens is 254 g/mol. The topological polar surface area (TPSA) is 83.6 Å². The van der Waals surface area contributed by atoms with Crippen molar-refractivity contribution in [2.45, 2.75) is 18.6 Å². The molecule has 0 aliphatic heterocycles. The van der Waals surface area contributed by atoms with Crippen LogP contribution in [0.4, 0.5) is 0 Å². The summed E-state index contributed by atoms with van der Waals surface area (Å²) in [5.41, 5.74) is 7.55. The second-order valence-corrected chi connectivity index (χ2v) is 4.68. The lowest BCUT2D eigenvalue weighted by Crippen LogP contribution is -2.29. The van der Waals surface area contributed by atoms with Crippen molar-refractivity contribution in [2.24, 2.45) is 5.73 Å². The van der Waals surface area contributed by atoms with Crippen LogP contribution in [0, 0.1) is 0 Å². The lowest BCUT2D eigenvalue weighted by Gasteiger charge is -2.20. The Kier molecular flexibility index (Phi) is 4.50. The van der Waals surface area contributed by atoms with E-state index in [1.54, 1.807) is 18.2 Å². The molecule has 0 fully saturated rings. The fraction of sp³-hybridized carbons (Fsp3) is 0.188. The molecule has 4 heteroatoms. The van der Waals surface area contributed by atoms with Gasteiger partial charge in [0, 0.05) is 6.42 Å². The average molecular weight is 271 g/mol. The number of aliphatic hydroxyl groups excluding tert-OH is 1. The van der Waals surface area contributed by atoms with Crippen LogP contribution < -0.4 is 5.73 Å². The van der Waals surface area contributed by atoms with Crippen molar-refractivity contribution in [3.63, 3.8) is 0 Å². The highest BCUT2D eigenvalue weighted by molar-refractivity contribution is 5.89. The van der Waals surface area contributed by atoms with Gasteiger partial charge in [0.05, 0.1) is 17.7 Å². The van der Waals surface area contributed by atoms with Crippen LogP contribution in [0.2, 0.25) is 0 Å². The lowest BCUT2D eigenvalue weighted by atomic mass is 9.93. The van der Waals surface area contributed by atoms with Gasteiger partial charge in [-0.1, -0.05) is 48.5 Å². The summed E-state index contributed by atoms with van der Waals surface area (Å²) in [5, 5.41) is 19.4. The van der Waals surface area contributed by atoms with E-state index in [-0.39, 0.29) is 5.56 Å². The van der Waals surface area contributed by atoms with E-state index in [1.165, 1.54) is 6.07 Å². The number of hydrogen-bond donors (Lipinski definition) is 3. The van der Waals surface area contributed by atoms with Gasteiger partial charge in [0.25, 0.3) is 0 Å². The Bertz CT molecular complexity index is 583. The van der Waals surface area contributed by atoms with Crippen LogP contribution in [-0.2, 0) is 6.42 Å². The van der Waals surface area contributed by atoms with E-state index in [2.05, 4.69) is 0 Å². The van der Waals surface area contributed by atoms with Crippen molar-refractivity contribution in [3.8, 4) is 0 Å². The maximum absolute atomic E-state index is 11.2. The van der Waals surface area contributed by atoms with Crippen LogP contribution in [0.1, 0.15) is 27.5 Å². The predicted octanol–water partition coefficient (Wildman–Crippen LogP) is 1.99. The standard InChI is InChI=1S/C16H17NO3/c17-15(12-8-4-5-9-13(12)16(19)20)14(18)10-11-6-2-1-3-7-11/h1-9,14-15,18H,10,17H2,(H,19,20)/t14-,15+/m0/s1. The van der Waals surface area contributed by atoms with Crippen molar-refractivity contribution in [3.05, 3.63) is 71.3 Å². The van der Waals surface area contributed by atoms with E-state index in [4.69, 9.17) is 10.8 Å². The zero-order chi connectivity index (χ0) is 14.5. The highest BCUT2D eigenvalue weighted by Crippen LogP contribution is 2.21. The van der Waals surface area contributed by atoms with Crippen LogP contribution in [0.15, 0.2) is 54.6 Å². The van der Waals surface area contributed by atoms with Gasteiger partial charge in [-0.15, -0.1) is 0 Å². The summed E-state index contributed by atoms with van der Waals surface area (Å²) in [7, 11) is 0. The number of carboxylic acids is 1. The Balaban J connectivity index is 2.19. The van der Waals surface area contributed by atoms with Gasteiger partial charge in [-0.2, -0.15) is 0 Å². The second-order valence-electron chi connectivity index (χ2n) is 4.68. The van der Waals surface area contributed by atoms with Crippen molar-refractivity contribution in [2.75, 3.05) is 0 Å². The van der Waals surface area contributed by atoms with Gasteiger partial charge in [0.15, 0.2) is 0 Å². The van der Waals surface area contributed by atoms with Gasteiger partial charge in [0.1, 0.15) is 0 Å². The maximum atomic E-state index is 11.2. The Morgan fingerprint density at radius 3 is 2.30 bits per heavy atom. The first-order valence-corrected chi connectivity index (χ1v) is 6.39. The molecule has 0 heterocycles. The molecule has 0 saturated heterocycles. The number of hydrogen-bond acceptors (Lipinski definition) is 3. The summed E-state index contributed by atoms with van der Waals surface area (Å²) in [4.78, 5) is 11.2. The minimum absolute atomic E-state index is 0.132. The van der Waals surface area contributed by atoms with Crippen molar-refractivity contribution < 1.29 is 15.0 Å². The predicted molar refractivity (Wildman–Crippen MR) is 76.5 cm³/mol. The molecule has 0 aliphatic carbocycles. The molecule has 0 amide bonds. The molecule has 0 unspecified atom stereocenters. The summed E-state index contributed by atoms with van der Waals surface area (Å²) < 4.78 is 0. The molecule has 20 heavy (non-hydrogen) atoms. The van der Waals surface area contributed by atoms with Crippen molar-refractivity contribution in [1.82, 2.24) is 0 Å². The van der Waals surface area contributed by atoms with E-state index < -0.39 is 18.1 Å². The molecular formula is C16H17NO3. The molecule has 0 aliphatic rings. The van der Waals surface area contributed by atoms with Crippen LogP contribution in [0.25, 0.3) is 0 Å². The van der Waals surface area contributed by atoms with Gasteiger partial charge in [-0.3, -0.25) is 0 Å². The Morgan fingerprint density at radius 2 is 1.65 bits per heavy atom. The van der Waals surface area contributed by atoms with Crippen LogP contribution in [0.3, 0.4) is 0 Å². The zero-order valence-corrected chi connectivity index (χ0v) is 10.9. The molecule has 4 nitrogen and oxygen atoms in total. The van der Waals surface area contributed by atoms with Crippen LogP contribution in [-0.4, -0.2) is 22.3 Å². The van der Waals surface area contributed by atoms with E-state index in [0.717, 1.165) is 5.56 Å². The van der Waals surface area contributed by atoms with Gasteiger partial charge >= 0.3 is 5.97 Å².